The maximum Gasteiger partial charge on any atom is 0.127 e. The van der Waals surface area contributed by atoms with Crippen molar-refractivity contribution in [2.24, 2.45) is 11.1 Å². The normalized spacial score (nSPS) is 11.5. The largest absolute Gasteiger partial charge is 0.492 e. The Hall–Kier alpha value is -2.03. The van der Waals surface area contributed by atoms with Gasteiger partial charge >= 0.3 is 0 Å². The highest BCUT2D eigenvalue weighted by molar-refractivity contribution is 6.09. The number of rotatable bonds is 3. The first-order chi connectivity index (χ1) is 8.88. The molecule has 0 aliphatic heterocycles. The van der Waals surface area contributed by atoms with E-state index in [1.54, 1.807) is 0 Å². The number of nitrogen functional groups attached to an aromatic ring is 1. The molecule has 3 nitrogen and oxygen atoms in total. The molecule has 0 radical (unpaired) electrons. The maximum atomic E-state index is 7.63. The molecule has 0 amide bonds. The van der Waals surface area contributed by atoms with Crippen molar-refractivity contribution in [1.29, 1.82) is 5.41 Å². The highest BCUT2D eigenvalue weighted by atomic mass is 16.5. The lowest BCUT2D eigenvalue weighted by atomic mass is 9.98. The molecule has 0 saturated carbocycles. The molecule has 0 unspecified atom stereocenters. The van der Waals surface area contributed by atoms with Gasteiger partial charge in [0, 0.05) is 10.9 Å². The quantitative estimate of drug-likeness (QED) is 0.651. The van der Waals surface area contributed by atoms with Crippen molar-refractivity contribution in [1.82, 2.24) is 0 Å². The van der Waals surface area contributed by atoms with E-state index in [0.717, 1.165) is 22.1 Å². The minimum atomic E-state index is 0.0820. The Labute approximate surface area is 113 Å². The second-order valence-corrected chi connectivity index (χ2v) is 5.92. The van der Waals surface area contributed by atoms with Crippen LogP contribution in [0, 0.1) is 10.8 Å². The van der Waals surface area contributed by atoms with Crippen LogP contribution >= 0.6 is 0 Å². The minimum Gasteiger partial charge on any atom is -0.492 e. The summed E-state index contributed by atoms with van der Waals surface area (Å²) in [6, 6.07) is 11.6. The Morgan fingerprint density at radius 1 is 1.11 bits per heavy atom. The summed E-state index contributed by atoms with van der Waals surface area (Å²) in [6.45, 7) is 7.06. The maximum absolute atomic E-state index is 7.63. The zero-order valence-electron chi connectivity index (χ0n) is 11.7. The van der Waals surface area contributed by atoms with Crippen molar-refractivity contribution < 1.29 is 4.74 Å². The van der Waals surface area contributed by atoms with Gasteiger partial charge in [-0.25, -0.2) is 0 Å². The van der Waals surface area contributed by atoms with Crippen molar-refractivity contribution >= 4 is 16.6 Å². The van der Waals surface area contributed by atoms with Gasteiger partial charge < -0.3 is 10.5 Å². The highest BCUT2D eigenvalue weighted by Crippen LogP contribution is 2.29. The van der Waals surface area contributed by atoms with Crippen LogP contribution in [0.25, 0.3) is 10.8 Å². The summed E-state index contributed by atoms with van der Waals surface area (Å²) in [6.07, 6.45) is 0. The highest BCUT2D eigenvalue weighted by Gasteiger charge is 2.13. The predicted molar refractivity (Wildman–Crippen MR) is 79.9 cm³/mol. The van der Waals surface area contributed by atoms with Gasteiger partial charge in [-0.05, 0) is 22.9 Å². The Balaban J connectivity index is 2.47. The molecule has 19 heavy (non-hydrogen) atoms. The third-order valence-electron chi connectivity index (χ3n) is 2.83. The van der Waals surface area contributed by atoms with Crippen molar-refractivity contribution in [3.8, 4) is 5.75 Å². The zero-order chi connectivity index (χ0) is 14.0. The SMILES string of the molecule is CC(C)(C)COc1ccc(C(=N)N)c2ccccc12. The molecule has 0 atom stereocenters. The number of ether oxygens (including phenoxy) is 1. The molecule has 0 saturated heterocycles. The summed E-state index contributed by atoms with van der Waals surface area (Å²) < 4.78 is 5.91. The summed E-state index contributed by atoms with van der Waals surface area (Å²) in [5.74, 6) is 0.925. The Morgan fingerprint density at radius 3 is 2.32 bits per heavy atom. The Bertz CT molecular complexity index is 612. The van der Waals surface area contributed by atoms with Crippen LogP contribution in [-0.4, -0.2) is 12.4 Å². The van der Waals surface area contributed by atoms with E-state index >= 15 is 0 Å². The van der Waals surface area contributed by atoms with Gasteiger partial charge in [0.15, 0.2) is 0 Å². The molecule has 0 heterocycles. The molecule has 0 aliphatic rings. The lowest BCUT2D eigenvalue weighted by Gasteiger charge is -2.20. The molecule has 2 aromatic carbocycles. The molecule has 0 spiro atoms. The van der Waals surface area contributed by atoms with Crippen molar-refractivity contribution in [3.05, 3.63) is 42.0 Å². The van der Waals surface area contributed by atoms with Crippen molar-refractivity contribution in [2.75, 3.05) is 6.61 Å². The van der Waals surface area contributed by atoms with Crippen LogP contribution in [0.2, 0.25) is 0 Å². The van der Waals surface area contributed by atoms with Gasteiger partial charge in [0.2, 0.25) is 0 Å². The molecule has 0 aliphatic carbocycles. The number of amidine groups is 1. The third-order valence-corrected chi connectivity index (χ3v) is 2.83. The molecular weight excluding hydrogens is 236 g/mol. The molecule has 100 valence electrons. The first-order valence-corrected chi connectivity index (χ1v) is 6.37. The number of nitrogens with one attached hydrogen (secondary N) is 1. The van der Waals surface area contributed by atoms with Crippen LogP contribution in [0.1, 0.15) is 26.3 Å². The van der Waals surface area contributed by atoms with Gasteiger partial charge in [0.25, 0.3) is 0 Å². The summed E-state index contributed by atoms with van der Waals surface area (Å²) >= 11 is 0. The number of hydrogen-bond donors (Lipinski definition) is 2. The van der Waals surface area contributed by atoms with Crippen molar-refractivity contribution in [3.63, 3.8) is 0 Å². The van der Waals surface area contributed by atoms with Crippen LogP contribution in [0.3, 0.4) is 0 Å². The molecule has 2 aromatic rings. The van der Waals surface area contributed by atoms with E-state index in [1.807, 2.05) is 36.4 Å². The summed E-state index contributed by atoms with van der Waals surface area (Å²) in [4.78, 5) is 0. The number of fused-ring (bicyclic) bond motifs is 1. The molecule has 2 rings (SSSR count). The van der Waals surface area contributed by atoms with E-state index in [2.05, 4.69) is 20.8 Å². The Kier molecular flexibility index (Phi) is 3.47. The molecule has 0 bridgehead atoms. The van der Waals surface area contributed by atoms with E-state index in [9.17, 15) is 0 Å². The van der Waals surface area contributed by atoms with Crippen LogP contribution in [-0.2, 0) is 0 Å². The second-order valence-electron chi connectivity index (χ2n) is 5.92. The monoisotopic (exact) mass is 256 g/mol. The van der Waals surface area contributed by atoms with Crippen LogP contribution in [0.5, 0.6) is 5.75 Å². The minimum absolute atomic E-state index is 0.0820. The van der Waals surface area contributed by atoms with Gasteiger partial charge in [0.1, 0.15) is 11.6 Å². The van der Waals surface area contributed by atoms with Crippen molar-refractivity contribution in [2.45, 2.75) is 20.8 Å². The average molecular weight is 256 g/mol. The summed E-state index contributed by atoms with van der Waals surface area (Å²) in [5.41, 5.74) is 6.48. The molecular formula is C16H20N2O. The van der Waals surface area contributed by atoms with E-state index in [1.165, 1.54) is 0 Å². The molecule has 3 heteroatoms. The van der Waals surface area contributed by atoms with Gasteiger partial charge in [0.05, 0.1) is 6.61 Å². The van der Waals surface area contributed by atoms with Crippen LogP contribution in [0.4, 0.5) is 0 Å². The molecule has 3 N–H and O–H groups in total. The fraction of sp³-hybridized carbons (Fsp3) is 0.312. The van der Waals surface area contributed by atoms with Gasteiger partial charge in [-0.1, -0.05) is 45.0 Å². The van der Waals surface area contributed by atoms with E-state index in [-0.39, 0.29) is 11.3 Å². The van der Waals surface area contributed by atoms with Crippen LogP contribution in [0.15, 0.2) is 36.4 Å². The number of nitrogens with two attached hydrogens (primary N) is 1. The third kappa shape index (κ3) is 3.05. The summed E-state index contributed by atoms with van der Waals surface area (Å²) in [7, 11) is 0. The molecule has 0 fully saturated rings. The fourth-order valence-electron chi connectivity index (χ4n) is 1.93. The smallest absolute Gasteiger partial charge is 0.127 e. The predicted octanol–water partition coefficient (Wildman–Crippen LogP) is 3.55. The molecule has 0 aromatic heterocycles. The standard InChI is InChI=1S/C16H20N2O/c1-16(2,3)10-19-14-9-8-13(15(17)18)11-6-4-5-7-12(11)14/h4-9H,10H2,1-3H3,(H3,17,18). The average Bonchev–Trinajstić information content (AvgIpc) is 2.34. The number of hydrogen-bond acceptors (Lipinski definition) is 2. The lowest BCUT2D eigenvalue weighted by Crippen LogP contribution is -2.17. The summed E-state index contributed by atoms with van der Waals surface area (Å²) in [5, 5.41) is 9.59. The lowest BCUT2D eigenvalue weighted by molar-refractivity contribution is 0.200. The first kappa shape index (κ1) is 13.4. The number of benzene rings is 2. The van der Waals surface area contributed by atoms with E-state index in [0.29, 0.717) is 6.61 Å². The van der Waals surface area contributed by atoms with Gasteiger partial charge in [-0.3, -0.25) is 5.41 Å². The van der Waals surface area contributed by atoms with E-state index < -0.39 is 0 Å². The van der Waals surface area contributed by atoms with Gasteiger partial charge in [-0.15, -0.1) is 0 Å². The second kappa shape index (κ2) is 4.92. The first-order valence-electron chi connectivity index (χ1n) is 6.37. The topological polar surface area (TPSA) is 59.1 Å². The van der Waals surface area contributed by atoms with Crippen LogP contribution < -0.4 is 10.5 Å². The fourth-order valence-corrected chi connectivity index (χ4v) is 1.93. The Morgan fingerprint density at radius 2 is 1.74 bits per heavy atom. The zero-order valence-corrected chi connectivity index (χ0v) is 11.7. The van der Waals surface area contributed by atoms with Gasteiger partial charge in [-0.2, -0.15) is 0 Å². The van der Waals surface area contributed by atoms with E-state index in [4.69, 9.17) is 15.9 Å².